The molecule has 226 valence electrons. The number of anilines is 2. The van der Waals surface area contributed by atoms with Crippen LogP contribution in [0.4, 0.5) is 28.4 Å². The third-order valence-electron chi connectivity index (χ3n) is 6.65. The van der Waals surface area contributed by atoms with Crippen molar-refractivity contribution in [3.05, 3.63) is 75.8 Å². The minimum Gasteiger partial charge on any atom is -0.494 e. The summed E-state index contributed by atoms with van der Waals surface area (Å²) >= 11 is 0. The number of sulfonamides is 1. The molecule has 0 fully saturated rings. The number of benzene rings is 3. The molecule has 1 aliphatic rings. The van der Waals surface area contributed by atoms with Crippen molar-refractivity contribution >= 4 is 50.3 Å². The highest BCUT2D eigenvalue weighted by atomic mass is 32.2. The average Bonchev–Trinajstić information content (AvgIpc) is 3.15. The molecule has 0 saturated heterocycles. The van der Waals surface area contributed by atoms with E-state index in [1.54, 1.807) is 19.1 Å². The Hall–Kier alpha value is -4.85. The summed E-state index contributed by atoms with van der Waals surface area (Å²) in [5, 5.41) is 22.8. The van der Waals surface area contributed by atoms with Crippen molar-refractivity contribution < 1.29 is 27.7 Å². The van der Waals surface area contributed by atoms with E-state index in [1.807, 2.05) is 37.3 Å². The van der Waals surface area contributed by atoms with Crippen LogP contribution in [-0.4, -0.2) is 49.7 Å². The molecule has 3 aromatic carbocycles. The summed E-state index contributed by atoms with van der Waals surface area (Å²) in [6.45, 7) is 6.26. The average molecular weight is 609 g/mol. The van der Waals surface area contributed by atoms with Gasteiger partial charge >= 0.3 is 0 Å². The van der Waals surface area contributed by atoms with Crippen LogP contribution in [0.1, 0.15) is 49.5 Å². The molecule has 0 aromatic heterocycles. The number of carbonyl (C=O) groups is 2. The van der Waals surface area contributed by atoms with Crippen LogP contribution in [0.25, 0.3) is 0 Å². The normalized spacial score (nSPS) is 13.7. The van der Waals surface area contributed by atoms with E-state index in [1.165, 1.54) is 14.0 Å². The Bertz CT molecular complexity index is 1690. The number of amides is 2. The Morgan fingerprint density at radius 1 is 1.07 bits per heavy atom. The highest BCUT2D eigenvalue weighted by molar-refractivity contribution is 7.90. The van der Waals surface area contributed by atoms with Crippen molar-refractivity contribution in [3.63, 3.8) is 0 Å². The van der Waals surface area contributed by atoms with Gasteiger partial charge in [0.1, 0.15) is 16.3 Å². The number of methoxy groups -OCH3 is 1. The fraction of sp³-hybridized carbons (Fsp3) is 0.310. The maximum atomic E-state index is 13.0. The molecule has 2 amide bonds. The molecule has 13 nitrogen and oxygen atoms in total. The van der Waals surface area contributed by atoms with Crippen molar-refractivity contribution in [2.45, 2.75) is 45.1 Å². The smallest absolute Gasteiger partial charge is 0.297 e. The third kappa shape index (κ3) is 6.48. The summed E-state index contributed by atoms with van der Waals surface area (Å²) in [6, 6.07) is 15.0. The maximum absolute atomic E-state index is 13.0. The minimum atomic E-state index is -4.21. The molecule has 0 spiro atoms. The summed E-state index contributed by atoms with van der Waals surface area (Å²) < 4.78 is 32.4. The van der Waals surface area contributed by atoms with Gasteiger partial charge in [-0.05, 0) is 30.5 Å². The summed E-state index contributed by atoms with van der Waals surface area (Å²) in [5.74, 6) is -0.801. The number of azo groups is 1. The van der Waals surface area contributed by atoms with E-state index >= 15 is 0 Å². The number of nitro groups is 1. The molecule has 43 heavy (non-hydrogen) atoms. The van der Waals surface area contributed by atoms with Gasteiger partial charge in [-0.3, -0.25) is 19.7 Å². The second kappa shape index (κ2) is 13.0. The monoisotopic (exact) mass is 608 g/mol. The van der Waals surface area contributed by atoms with Gasteiger partial charge in [0.25, 0.3) is 21.6 Å². The van der Waals surface area contributed by atoms with Crippen LogP contribution in [-0.2, 0) is 21.4 Å². The predicted molar refractivity (Wildman–Crippen MR) is 161 cm³/mol. The molecule has 3 aromatic rings. The highest BCUT2D eigenvalue weighted by Crippen LogP contribution is 2.42. The standard InChI is InChI=1S/C29H32N6O7S/c1-5-12-33(18-20-10-8-7-9-11-20)26-15-22(30-19(3)36)23(16-27(26)42-4)31-32-24-17-28-21(14-25(24)35(38)39)29(37)34(13-6-2)43(28,40)41/h7-11,14-17H,5-6,12-13,18H2,1-4H3,(H,30,36)/b32-31+. The fourth-order valence-corrected chi connectivity index (χ4v) is 6.42. The molecule has 1 aliphatic heterocycles. The Morgan fingerprint density at radius 3 is 2.37 bits per heavy atom. The van der Waals surface area contributed by atoms with Gasteiger partial charge in [0.2, 0.25) is 5.91 Å². The summed E-state index contributed by atoms with van der Waals surface area (Å²) in [5.41, 5.74) is 0.879. The first kappa shape index (κ1) is 31.1. The van der Waals surface area contributed by atoms with Crippen LogP contribution in [0.3, 0.4) is 0 Å². The zero-order valence-electron chi connectivity index (χ0n) is 24.2. The van der Waals surface area contributed by atoms with Gasteiger partial charge in [-0.25, -0.2) is 12.7 Å². The maximum Gasteiger partial charge on any atom is 0.297 e. The van der Waals surface area contributed by atoms with Crippen LogP contribution in [0.15, 0.2) is 69.7 Å². The number of fused-ring (bicyclic) bond motifs is 1. The number of hydrogen-bond acceptors (Lipinski definition) is 10. The molecule has 4 rings (SSSR count). The zero-order valence-corrected chi connectivity index (χ0v) is 25.1. The predicted octanol–water partition coefficient (Wildman–Crippen LogP) is 5.95. The first-order chi connectivity index (χ1) is 20.5. The number of hydrogen-bond donors (Lipinski definition) is 1. The van der Waals surface area contributed by atoms with Gasteiger partial charge in [-0.15, -0.1) is 10.2 Å². The van der Waals surface area contributed by atoms with Gasteiger partial charge in [-0.2, -0.15) is 0 Å². The molecular weight excluding hydrogens is 576 g/mol. The van der Waals surface area contributed by atoms with Crippen molar-refractivity contribution in [1.29, 1.82) is 0 Å². The lowest BCUT2D eigenvalue weighted by atomic mass is 10.1. The van der Waals surface area contributed by atoms with Crippen LogP contribution in [0.5, 0.6) is 5.75 Å². The van der Waals surface area contributed by atoms with Crippen molar-refractivity contribution in [3.8, 4) is 5.75 Å². The Kier molecular flexibility index (Phi) is 9.39. The summed E-state index contributed by atoms with van der Waals surface area (Å²) in [7, 11) is -2.72. The van der Waals surface area contributed by atoms with Crippen LogP contribution >= 0.6 is 0 Å². The number of rotatable bonds is 12. The lowest BCUT2D eigenvalue weighted by Crippen LogP contribution is -2.30. The van der Waals surface area contributed by atoms with Gasteiger partial charge in [0.15, 0.2) is 5.69 Å². The topological polar surface area (TPSA) is 164 Å². The van der Waals surface area contributed by atoms with Gasteiger partial charge < -0.3 is 15.0 Å². The van der Waals surface area contributed by atoms with Gasteiger partial charge in [0, 0.05) is 38.7 Å². The van der Waals surface area contributed by atoms with E-state index in [0.29, 0.717) is 35.3 Å². The van der Waals surface area contributed by atoms with Crippen molar-refractivity contribution in [2.75, 3.05) is 30.4 Å². The van der Waals surface area contributed by atoms with Crippen LogP contribution in [0.2, 0.25) is 0 Å². The Balaban J connectivity index is 1.82. The van der Waals surface area contributed by atoms with Crippen molar-refractivity contribution in [2.24, 2.45) is 10.2 Å². The number of nitrogens with one attached hydrogen (secondary N) is 1. The second-order valence-corrected chi connectivity index (χ2v) is 11.6. The fourth-order valence-electron chi connectivity index (χ4n) is 4.76. The minimum absolute atomic E-state index is 0.0635. The van der Waals surface area contributed by atoms with Gasteiger partial charge in [0.05, 0.1) is 29.0 Å². The molecule has 1 N–H and O–H groups in total. The van der Waals surface area contributed by atoms with E-state index in [9.17, 15) is 28.1 Å². The molecule has 0 atom stereocenters. The van der Waals surface area contributed by atoms with E-state index in [2.05, 4.69) is 20.4 Å². The van der Waals surface area contributed by atoms with Gasteiger partial charge in [-0.1, -0.05) is 44.2 Å². The number of carbonyl (C=O) groups excluding carboxylic acids is 2. The van der Waals surface area contributed by atoms with Crippen molar-refractivity contribution in [1.82, 2.24) is 4.31 Å². The molecule has 0 saturated carbocycles. The van der Waals surface area contributed by atoms with E-state index < -0.39 is 26.5 Å². The lowest BCUT2D eigenvalue weighted by molar-refractivity contribution is -0.384. The van der Waals surface area contributed by atoms with Crippen LogP contribution in [0, 0.1) is 10.1 Å². The molecule has 1 heterocycles. The Labute approximate surface area is 249 Å². The van der Waals surface area contributed by atoms with E-state index in [0.717, 1.165) is 24.1 Å². The number of nitrogens with zero attached hydrogens (tertiary/aromatic N) is 5. The number of nitro benzene ring substituents is 1. The molecular formula is C29H32N6O7S. The molecule has 0 unspecified atom stereocenters. The van der Waals surface area contributed by atoms with Crippen LogP contribution < -0.4 is 15.0 Å². The third-order valence-corrected chi connectivity index (χ3v) is 8.47. The molecule has 0 aliphatic carbocycles. The summed E-state index contributed by atoms with van der Waals surface area (Å²) in [4.78, 5) is 37.7. The quantitative estimate of drug-likeness (QED) is 0.150. The Morgan fingerprint density at radius 2 is 1.77 bits per heavy atom. The zero-order chi connectivity index (χ0) is 31.3. The largest absolute Gasteiger partial charge is 0.494 e. The second-order valence-electron chi connectivity index (χ2n) is 9.81. The SMILES string of the molecule is CCCN(Cc1ccccc1)c1cc(NC(C)=O)c(/N=N/c2cc3c(cc2[N+](=O)[O-])C(=O)N(CCC)S3(=O)=O)cc1OC. The summed E-state index contributed by atoms with van der Waals surface area (Å²) in [6.07, 6.45) is 1.20. The first-order valence-corrected chi connectivity index (χ1v) is 15.1. The molecule has 14 heteroatoms. The van der Waals surface area contributed by atoms with E-state index in [-0.39, 0.29) is 40.0 Å². The molecule has 0 radical (unpaired) electrons. The number of ether oxygens (including phenoxy) is 1. The van der Waals surface area contributed by atoms with E-state index in [4.69, 9.17) is 4.74 Å². The first-order valence-electron chi connectivity index (χ1n) is 13.6. The highest BCUT2D eigenvalue weighted by Gasteiger charge is 2.42. The molecule has 0 bridgehead atoms. The lowest BCUT2D eigenvalue weighted by Gasteiger charge is -2.27.